The molecule has 6 aromatic rings. The molecule has 0 atom stereocenters. The molecule has 2 heterocycles. The maximum absolute atomic E-state index is 14.5. The molecule has 0 aliphatic rings. The van der Waals surface area contributed by atoms with Crippen LogP contribution in [0.15, 0.2) is 86.9 Å². The summed E-state index contributed by atoms with van der Waals surface area (Å²) in [5, 5.41) is 0.259. The van der Waals surface area contributed by atoms with Crippen LogP contribution >= 0.6 is 39.1 Å². The third-order valence-electron chi connectivity index (χ3n) is 8.27. The second kappa shape index (κ2) is 16.3. The van der Waals surface area contributed by atoms with Gasteiger partial charge in [0.2, 0.25) is 0 Å². The molecular weight excluding hydrogens is 831 g/mol. The van der Waals surface area contributed by atoms with Crippen LogP contribution in [0.4, 0.5) is 35.1 Å². The standard InChI is InChI=1S/C20H14ClF4NO.C19H11BrClF4NO/c1-3-26-19(18-16(24)8-12(23)9-17(18)25)14(6-10(2)20(26)27)13-7-11(22)4-5-15(13)21;1-2-26-18(17-15(24)6-10(23)7-16(17)25)12(8-13(20)19(26)27)11-5-9(22)3-4-14(11)21/h4-9H,3H2,1-2H3;3-8H,2H2,1H3. The Morgan fingerprint density at radius 2 is 0.889 bits per heavy atom. The molecule has 0 radical (unpaired) electrons. The quantitative estimate of drug-likeness (QED) is 0.157. The first kappa shape index (κ1) is 40.5. The van der Waals surface area contributed by atoms with E-state index in [1.807, 2.05) is 0 Å². The van der Waals surface area contributed by atoms with Crippen LogP contribution in [0.5, 0.6) is 0 Å². The molecule has 6 rings (SSSR count). The van der Waals surface area contributed by atoms with Gasteiger partial charge in [-0.1, -0.05) is 23.2 Å². The Labute approximate surface area is 321 Å². The molecule has 0 bridgehead atoms. The van der Waals surface area contributed by atoms with Gasteiger partial charge in [-0.15, -0.1) is 0 Å². The van der Waals surface area contributed by atoms with Crippen molar-refractivity contribution < 1.29 is 35.1 Å². The molecule has 280 valence electrons. The lowest BCUT2D eigenvalue weighted by molar-refractivity contribution is 0.544. The predicted molar refractivity (Wildman–Crippen MR) is 197 cm³/mol. The van der Waals surface area contributed by atoms with Crippen LogP contribution in [0.1, 0.15) is 19.4 Å². The molecule has 0 N–H and O–H groups in total. The van der Waals surface area contributed by atoms with Gasteiger partial charge in [0, 0.05) is 75.2 Å². The number of benzene rings is 4. The molecule has 4 aromatic carbocycles. The molecule has 0 aliphatic carbocycles. The van der Waals surface area contributed by atoms with Crippen LogP contribution < -0.4 is 11.1 Å². The minimum absolute atomic E-state index is 0.0593. The number of rotatable bonds is 6. The van der Waals surface area contributed by atoms with Crippen LogP contribution in [0.25, 0.3) is 44.8 Å². The van der Waals surface area contributed by atoms with Crippen molar-refractivity contribution in [2.24, 2.45) is 0 Å². The average Bonchev–Trinajstić information content (AvgIpc) is 3.09. The lowest BCUT2D eigenvalue weighted by atomic mass is 9.96. The molecule has 4 nitrogen and oxygen atoms in total. The van der Waals surface area contributed by atoms with Crippen molar-refractivity contribution in [1.29, 1.82) is 0 Å². The second-order valence-corrected chi connectivity index (χ2v) is 13.3. The summed E-state index contributed by atoms with van der Waals surface area (Å²) >= 11 is 15.5. The van der Waals surface area contributed by atoms with Gasteiger partial charge in [-0.05, 0) is 85.2 Å². The van der Waals surface area contributed by atoms with E-state index in [0.29, 0.717) is 29.8 Å². The van der Waals surface area contributed by atoms with E-state index in [-0.39, 0.29) is 61.2 Å². The van der Waals surface area contributed by atoms with E-state index < -0.39 is 68.8 Å². The fourth-order valence-electron chi connectivity index (χ4n) is 5.94. The first-order chi connectivity index (χ1) is 25.5. The van der Waals surface area contributed by atoms with Gasteiger partial charge in [-0.3, -0.25) is 9.59 Å². The van der Waals surface area contributed by atoms with Gasteiger partial charge in [0.1, 0.15) is 46.5 Å². The number of halogens is 11. The zero-order valence-corrected chi connectivity index (χ0v) is 31.3. The fraction of sp³-hybridized carbons (Fsp3) is 0.128. The summed E-state index contributed by atoms with van der Waals surface area (Å²) in [7, 11) is 0. The Morgan fingerprint density at radius 1 is 0.519 bits per heavy atom. The average molecular weight is 856 g/mol. The van der Waals surface area contributed by atoms with Crippen molar-refractivity contribution in [3.05, 3.63) is 160 Å². The molecule has 2 aromatic heterocycles. The minimum atomic E-state index is -1.19. The van der Waals surface area contributed by atoms with E-state index in [1.54, 1.807) is 13.8 Å². The molecule has 54 heavy (non-hydrogen) atoms. The number of hydrogen-bond acceptors (Lipinski definition) is 2. The van der Waals surface area contributed by atoms with Crippen molar-refractivity contribution >= 4 is 39.1 Å². The Hall–Kier alpha value is -4.72. The third-order valence-corrected chi connectivity index (χ3v) is 9.50. The van der Waals surface area contributed by atoms with E-state index >= 15 is 0 Å². The summed E-state index contributed by atoms with van der Waals surface area (Å²) in [6, 6.07) is 11.9. The van der Waals surface area contributed by atoms with Crippen LogP contribution in [0.3, 0.4) is 0 Å². The normalized spacial score (nSPS) is 11.1. The van der Waals surface area contributed by atoms with E-state index in [4.69, 9.17) is 23.2 Å². The van der Waals surface area contributed by atoms with Gasteiger partial charge in [0.15, 0.2) is 0 Å². The van der Waals surface area contributed by atoms with Gasteiger partial charge < -0.3 is 9.13 Å². The zero-order chi connectivity index (χ0) is 39.8. The maximum Gasteiger partial charge on any atom is 0.265 e. The van der Waals surface area contributed by atoms with Crippen molar-refractivity contribution in [1.82, 2.24) is 9.13 Å². The highest BCUT2D eigenvalue weighted by Gasteiger charge is 2.26. The van der Waals surface area contributed by atoms with Gasteiger partial charge >= 0.3 is 0 Å². The summed E-state index contributed by atoms with van der Waals surface area (Å²) in [5.74, 6) is -8.13. The highest BCUT2D eigenvalue weighted by molar-refractivity contribution is 9.10. The summed E-state index contributed by atoms with van der Waals surface area (Å²) in [5.41, 5.74) is -1.59. The lowest BCUT2D eigenvalue weighted by Gasteiger charge is -2.19. The summed E-state index contributed by atoms with van der Waals surface area (Å²) in [6.45, 7) is 4.91. The van der Waals surface area contributed by atoms with Gasteiger partial charge in [-0.25, -0.2) is 35.1 Å². The van der Waals surface area contributed by atoms with Crippen molar-refractivity contribution in [3.63, 3.8) is 0 Å². The van der Waals surface area contributed by atoms with E-state index in [9.17, 15) is 44.7 Å². The monoisotopic (exact) mass is 854 g/mol. The lowest BCUT2D eigenvalue weighted by Crippen LogP contribution is -2.24. The Balaban J connectivity index is 0.000000208. The Morgan fingerprint density at radius 3 is 1.28 bits per heavy atom. The molecule has 0 amide bonds. The minimum Gasteiger partial charge on any atom is -0.307 e. The number of aryl methyl sites for hydroxylation is 1. The first-order valence-electron chi connectivity index (χ1n) is 15.9. The van der Waals surface area contributed by atoms with Crippen molar-refractivity contribution in [2.45, 2.75) is 33.9 Å². The molecular formula is C39H25BrCl2F8N2O2. The SMILES string of the molecule is CCn1c(-c2c(F)cc(F)cc2F)c(-c2cc(F)ccc2Cl)cc(Br)c1=O.CCn1c(-c2c(F)cc(F)cc2F)c(-c2cc(F)ccc2Cl)cc(C)c1=O. The van der Waals surface area contributed by atoms with E-state index in [1.165, 1.54) is 31.2 Å². The number of pyridine rings is 2. The highest BCUT2D eigenvalue weighted by atomic mass is 79.9. The van der Waals surface area contributed by atoms with Gasteiger partial charge in [-0.2, -0.15) is 0 Å². The molecule has 0 saturated carbocycles. The molecule has 0 fully saturated rings. The molecule has 0 unspecified atom stereocenters. The Kier molecular flexibility index (Phi) is 12.2. The van der Waals surface area contributed by atoms with Crippen LogP contribution in [-0.4, -0.2) is 9.13 Å². The fourth-order valence-corrected chi connectivity index (χ4v) is 6.82. The van der Waals surface area contributed by atoms with Crippen molar-refractivity contribution in [2.75, 3.05) is 0 Å². The Bertz CT molecular complexity index is 2350. The highest BCUT2D eigenvalue weighted by Crippen LogP contribution is 2.40. The second-order valence-electron chi connectivity index (χ2n) is 11.7. The third kappa shape index (κ3) is 7.89. The number of nitrogens with zero attached hydrogens (tertiary/aromatic N) is 2. The largest absolute Gasteiger partial charge is 0.307 e. The summed E-state index contributed by atoms with van der Waals surface area (Å²) in [6.07, 6.45) is 0. The molecule has 0 spiro atoms. The topological polar surface area (TPSA) is 44.0 Å². The molecule has 0 aliphatic heterocycles. The zero-order valence-electron chi connectivity index (χ0n) is 28.2. The number of aromatic nitrogens is 2. The summed E-state index contributed by atoms with van der Waals surface area (Å²) in [4.78, 5) is 25.1. The van der Waals surface area contributed by atoms with E-state index in [2.05, 4.69) is 15.9 Å². The predicted octanol–water partition coefficient (Wildman–Crippen LogP) is 11.9. The van der Waals surface area contributed by atoms with Crippen molar-refractivity contribution in [3.8, 4) is 44.8 Å². The van der Waals surface area contributed by atoms with Crippen LogP contribution in [-0.2, 0) is 13.1 Å². The number of hydrogen-bond donors (Lipinski definition) is 0. The first-order valence-corrected chi connectivity index (χ1v) is 17.4. The van der Waals surface area contributed by atoms with Crippen LogP contribution in [0.2, 0.25) is 10.0 Å². The maximum atomic E-state index is 14.5. The molecule has 0 saturated heterocycles. The van der Waals surface area contributed by atoms with Gasteiger partial charge in [0.05, 0.1) is 27.0 Å². The molecule has 15 heteroatoms. The van der Waals surface area contributed by atoms with E-state index in [0.717, 1.165) is 33.4 Å². The van der Waals surface area contributed by atoms with Gasteiger partial charge in [0.25, 0.3) is 11.1 Å². The van der Waals surface area contributed by atoms with Crippen LogP contribution in [0, 0.1) is 53.5 Å². The summed E-state index contributed by atoms with van der Waals surface area (Å²) < 4.78 is 115. The smallest absolute Gasteiger partial charge is 0.265 e.